The normalized spacial score (nSPS) is 23.8. The van der Waals surface area contributed by atoms with Gasteiger partial charge in [-0.3, -0.25) is 14.2 Å². The van der Waals surface area contributed by atoms with Gasteiger partial charge in [-0.15, -0.1) is 0 Å². The molecule has 156 valence electrons. The molecule has 0 aromatic carbocycles. The number of carbonyl (C=O) groups excluding carboxylic acids is 2. The summed E-state index contributed by atoms with van der Waals surface area (Å²) in [6.45, 7) is 10.5. The molecule has 0 spiro atoms. The molecular weight excluding hydrogens is 366 g/mol. The highest BCUT2D eigenvalue weighted by Gasteiger charge is 2.54. The predicted octanol–water partition coefficient (Wildman–Crippen LogP) is 1.52. The fraction of sp³-hybridized carbons (Fsp3) is 0.684. The summed E-state index contributed by atoms with van der Waals surface area (Å²) < 4.78 is 18.3. The maximum Gasteiger partial charge on any atom is 0.351 e. The largest absolute Gasteiger partial charge is 0.463 e. The lowest BCUT2D eigenvalue weighted by atomic mass is 9.84. The van der Waals surface area contributed by atoms with Crippen LogP contribution in [0.25, 0.3) is 0 Å². The Balaban J connectivity index is 2.34. The second-order valence-electron chi connectivity index (χ2n) is 8.19. The molecule has 2 heterocycles. The molecule has 9 nitrogen and oxygen atoms in total. The Kier molecular flexibility index (Phi) is 6.48. The van der Waals surface area contributed by atoms with Crippen molar-refractivity contribution in [1.29, 1.82) is 0 Å². The SMILES string of the molecule is CC(C)C(=O)OC[C@H]1O[C@@H](n2ccc(N)nc2=O)C(C)(C)[C@@H]1OC(=O)C(C)C. The highest BCUT2D eigenvalue weighted by atomic mass is 16.6. The number of nitrogen functional groups attached to an aromatic ring is 1. The average Bonchev–Trinajstić information content (AvgIpc) is 2.83. The first kappa shape index (κ1) is 21.9. The first-order valence-corrected chi connectivity index (χ1v) is 9.32. The Morgan fingerprint density at radius 2 is 1.86 bits per heavy atom. The maximum atomic E-state index is 12.3. The van der Waals surface area contributed by atoms with Gasteiger partial charge < -0.3 is 19.9 Å². The summed E-state index contributed by atoms with van der Waals surface area (Å²) in [5.74, 6) is -1.32. The van der Waals surface area contributed by atoms with E-state index in [0.29, 0.717) is 0 Å². The summed E-state index contributed by atoms with van der Waals surface area (Å²) in [5, 5.41) is 0. The van der Waals surface area contributed by atoms with Crippen LogP contribution in [0.1, 0.15) is 47.8 Å². The lowest BCUT2D eigenvalue weighted by Crippen LogP contribution is -2.42. The quantitative estimate of drug-likeness (QED) is 0.719. The first-order chi connectivity index (χ1) is 12.9. The van der Waals surface area contributed by atoms with Crippen LogP contribution in [0, 0.1) is 17.3 Å². The molecule has 1 aromatic rings. The first-order valence-electron chi connectivity index (χ1n) is 9.32. The van der Waals surface area contributed by atoms with Crippen LogP contribution in [-0.4, -0.2) is 40.3 Å². The van der Waals surface area contributed by atoms with Crippen molar-refractivity contribution in [2.24, 2.45) is 17.3 Å². The monoisotopic (exact) mass is 395 g/mol. The van der Waals surface area contributed by atoms with Crippen LogP contribution >= 0.6 is 0 Å². The van der Waals surface area contributed by atoms with Crippen LogP contribution in [0.5, 0.6) is 0 Å². The maximum absolute atomic E-state index is 12.3. The van der Waals surface area contributed by atoms with Crippen LogP contribution < -0.4 is 11.4 Å². The van der Waals surface area contributed by atoms with Crippen molar-refractivity contribution < 1.29 is 23.8 Å². The summed E-state index contributed by atoms with van der Waals surface area (Å²) in [7, 11) is 0. The minimum atomic E-state index is -0.791. The van der Waals surface area contributed by atoms with Crippen molar-refractivity contribution in [3.63, 3.8) is 0 Å². The van der Waals surface area contributed by atoms with Crippen molar-refractivity contribution in [2.75, 3.05) is 12.3 Å². The van der Waals surface area contributed by atoms with Gasteiger partial charge in [-0.25, -0.2) is 4.79 Å². The highest BCUT2D eigenvalue weighted by Crippen LogP contribution is 2.46. The van der Waals surface area contributed by atoms with E-state index >= 15 is 0 Å². The van der Waals surface area contributed by atoms with E-state index in [2.05, 4.69) is 4.98 Å². The number of esters is 2. The molecule has 2 rings (SSSR count). The van der Waals surface area contributed by atoms with Crippen molar-refractivity contribution in [3.05, 3.63) is 22.7 Å². The van der Waals surface area contributed by atoms with Crippen LogP contribution in [0.3, 0.4) is 0 Å². The molecular formula is C19H29N3O6. The molecule has 28 heavy (non-hydrogen) atoms. The molecule has 3 atom stereocenters. The van der Waals surface area contributed by atoms with E-state index in [1.165, 1.54) is 16.8 Å². The summed E-state index contributed by atoms with van der Waals surface area (Å²) >= 11 is 0. The topological polar surface area (TPSA) is 123 Å². The number of nitrogens with zero attached hydrogens (tertiary/aromatic N) is 2. The predicted molar refractivity (Wildman–Crippen MR) is 101 cm³/mol. The van der Waals surface area contributed by atoms with E-state index in [9.17, 15) is 14.4 Å². The number of nitrogens with two attached hydrogens (primary N) is 1. The highest BCUT2D eigenvalue weighted by molar-refractivity contribution is 5.72. The standard InChI is InChI=1S/C19H29N3O6/c1-10(2)15(23)26-9-12-14(28-16(24)11(3)4)19(5,6)17(27-12)22-8-7-13(20)21-18(22)25/h7-8,10-12,14,17H,9H2,1-6H3,(H2,20,21,25)/t12-,14-,17-/m1/s1. The van der Waals surface area contributed by atoms with E-state index in [1.54, 1.807) is 27.7 Å². The number of ether oxygens (including phenoxy) is 3. The van der Waals surface area contributed by atoms with Crippen LogP contribution in [0.15, 0.2) is 17.1 Å². The van der Waals surface area contributed by atoms with Crippen molar-refractivity contribution in [3.8, 4) is 0 Å². The van der Waals surface area contributed by atoms with Crippen LogP contribution in [0.2, 0.25) is 0 Å². The van der Waals surface area contributed by atoms with Crippen molar-refractivity contribution in [2.45, 2.75) is 60.0 Å². The van der Waals surface area contributed by atoms with E-state index in [0.717, 1.165) is 0 Å². The molecule has 1 aliphatic rings. The molecule has 0 unspecified atom stereocenters. The van der Waals surface area contributed by atoms with E-state index in [1.807, 2.05) is 13.8 Å². The van der Waals surface area contributed by atoms with Gasteiger partial charge in [0.2, 0.25) is 0 Å². The molecule has 1 aliphatic heterocycles. The molecule has 1 fully saturated rings. The molecule has 1 saturated heterocycles. The summed E-state index contributed by atoms with van der Waals surface area (Å²) in [4.78, 5) is 40.2. The second-order valence-corrected chi connectivity index (χ2v) is 8.19. The molecule has 0 saturated carbocycles. The Morgan fingerprint density at radius 1 is 1.25 bits per heavy atom. The van der Waals surface area contributed by atoms with Gasteiger partial charge in [0.25, 0.3) is 0 Å². The number of carbonyl (C=O) groups is 2. The average molecular weight is 395 g/mol. The Bertz CT molecular complexity index is 786. The second kappa shape index (κ2) is 8.30. The van der Waals surface area contributed by atoms with E-state index < -0.39 is 35.5 Å². The molecule has 9 heteroatoms. The zero-order valence-corrected chi connectivity index (χ0v) is 17.2. The van der Waals surface area contributed by atoms with Gasteiger partial charge in [0, 0.05) is 11.6 Å². The molecule has 0 aliphatic carbocycles. The van der Waals surface area contributed by atoms with Gasteiger partial charge in [-0.2, -0.15) is 4.98 Å². The minimum absolute atomic E-state index is 0.0931. The molecule has 1 aromatic heterocycles. The van der Waals surface area contributed by atoms with Crippen LogP contribution in [-0.2, 0) is 23.8 Å². The summed E-state index contributed by atoms with van der Waals surface area (Å²) in [6.07, 6.45) is -0.742. The fourth-order valence-corrected chi connectivity index (χ4v) is 3.01. The summed E-state index contributed by atoms with van der Waals surface area (Å²) in [6, 6.07) is 1.49. The van der Waals surface area contributed by atoms with Gasteiger partial charge in [0.05, 0.1) is 11.8 Å². The van der Waals surface area contributed by atoms with Crippen LogP contribution in [0.4, 0.5) is 5.82 Å². The number of anilines is 1. The number of hydrogen-bond acceptors (Lipinski definition) is 8. The lowest BCUT2D eigenvalue weighted by Gasteiger charge is -2.31. The van der Waals surface area contributed by atoms with E-state index in [-0.39, 0.29) is 30.2 Å². The minimum Gasteiger partial charge on any atom is -0.463 e. The van der Waals surface area contributed by atoms with E-state index in [4.69, 9.17) is 19.9 Å². The molecule has 0 radical (unpaired) electrons. The molecule has 2 N–H and O–H groups in total. The Hall–Kier alpha value is -2.42. The molecule has 0 amide bonds. The summed E-state index contributed by atoms with van der Waals surface area (Å²) in [5.41, 5.74) is 4.20. The van der Waals surface area contributed by atoms with Gasteiger partial charge in [0.1, 0.15) is 30.9 Å². The number of aromatic nitrogens is 2. The number of hydrogen-bond donors (Lipinski definition) is 1. The third-order valence-electron chi connectivity index (χ3n) is 4.69. The Labute approximate surface area is 164 Å². The lowest BCUT2D eigenvalue weighted by molar-refractivity contribution is -0.164. The molecule has 0 bridgehead atoms. The smallest absolute Gasteiger partial charge is 0.351 e. The zero-order valence-electron chi connectivity index (χ0n) is 17.2. The van der Waals surface area contributed by atoms with Gasteiger partial charge in [0.15, 0.2) is 0 Å². The number of rotatable bonds is 6. The Morgan fingerprint density at radius 3 is 2.39 bits per heavy atom. The van der Waals surface area contributed by atoms with Gasteiger partial charge in [-0.1, -0.05) is 41.5 Å². The third kappa shape index (κ3) is 4.52. The third-order valence-corrected chi connectivity index (χ3v) is 4.69. The van der Waals surface area contributed by atoms with Gasteiger partial charge in [-0.05, 0) is 6.07 Å². The zero-order chi connectivity index (χ0) is 21.2. The van der Waals surface area contributed by atoms with Crippen molar-refractivity contribution >= 4 is 17.8 Å². The van der Waals surface area contributed by atoms with Crippen molar-refractivity contribution in [1.82, 2.24) is 9.55 Å². The fourth-order valence-electron chi connectivity index (χ4n) is 3.01. The van der Waals surface area contributed by atoms with Gasteiger partial charge >= 0.3 is 17.6 Å².